The Hall–Kier alpha value is 0. The van der Waals surface area contributed by atoms with Crippen molar-refractivity contribution < 1.29 is 0 Å². The molecule has 3 aliphatic rings. The Morgan fingerprint density at radius 2 is 1.27 bits per heavy atom. The Morgan fingerprint density at radius 3 is 2.00 bits per heavy atom. The van der Waals surface area contributed by atoms with Crippen molar-refractivity contribution in [3.63, 3.8) is 0 Å². The van der Waals surface area contributed by atoms with Crippen molar-refractivity contribution in [3.05, 3.63) is 0 Å². The highest BCUT2D eigenvalue weighted by atomic mass is 14.4. The maximum absolute atomic E-state index is 2.50. The molecule has 3 rings (SSSR count). The standard InChI is InChI=1S/C30H56/c1-4-7-11-14-25-18-20-27-15-12-9-8-10-13-16-28(23-29(27)21-25)30-22-24(5-2)17-19-26(30)6-3/h24-30H,4-23H2,1-3H3. The molecule has 0 aromatic heterocycles. The van der Waals surface area contributed by atoms with Gasteiger partial charge in [-0.25, -0.2) is 0 Å². The van der Waals surface area contributed by atoms with Crippen molar-refractivity contribution in [3.8, 4) is 0 Å². The zero-order valence-electron chi connectivity index (χ0n) is 21.2. The van der Waals surface area contributed by atoms with Crippen LogP contribution in [-0.4, -0.2) is 0 Å². The van der Waals surface area contributed by atoms with Gasteiger partial charge in [-0.1, -0.05) is 117 Å². The third-order valence-electron chi connectivity index (χ3n) is 10.1. The zero-order chi connectivity index (χ0) is 21.2. The van der Waals surface area contributed by atoms with Gasteiger partial charge in [-0.05, 0) is 73.5 Å². The Kier molecular flexibility index (Phi) is 11.1. The normalized spacial score (nSPS) is 39.1. The molecule has 0 aromatic carbocycles. The Morgan fingerprint density at radius 1 is 0.533 bits per heavy atom. The minimum atomic E-state index is 1.04. The van der Waals surface area contributed by atoms with Crippen molar-refractivity contribution in [2.45, 2.75) is 149 Å². The fraction of sp³-hybridized carbons (Fsp3) is 1.00. The van der Waals surface area contributed by atoms with E-state index in [0.717, 1.165) is 41.4 Å². The molecule has 0 saturated heterocycles. The summed E-state index contributed by atoms with van der Waals surface area (Å²) in [6, 6.07) is 0. The Labute approximate surface area is 190 Å². The van der Waals surface area contributed by atoms with Crippen molar-refractivity contribution in [1.82, 2.24) is 0 Å². The lowest BCUT2D eigenvalue weighted by Gasteiger charge is -2.44. The quantitative estimate of drug-likeness (QED) is 0.362. The highest BCUT2D eigenvalue weighted by molar-refractivity contribution is 4.88. The highest BCUT2D eigenvalue weighted by Crippen LogP contribution is 2.48. The second-order valence-electron chi connectivity index (χ2n) is 12.0. The molecule has 0 heterocycles. The van der Waals surface area contributed by atoms with Gasteiger partial charge in [0.2, 0.25) is 0 Å². The molecule has 30 heavy (non-hydrogen) atoms. The van der Waals surface area contributed by atoms with Gasteiger partial charge < -0.3 is 0 Å². The molecule has 0 spiro atoms. The van der Waals surface area contributed by atoms with Gasteiger partial charge in [-0.2, -0.15) is 0 Å². The van der Waals surface area contributed by atoms with Gasteiger partial charge in [0, 0.05) is 0 Å². The molecule has 0 aromatic rings. The highest BCUT2D eigenvalue weighted by Gasteiger charge is 2.38. The summed E-state index contributed by atoms with van der Waals surface area (Å²) in [7, 11) is 0. The van der Waals surface area contributed by atoms with Crippen LogP contribution >= 0.6 is 0 Å². The summed E-state index contributed by atoms with van der Waals surface area (Å²) in [6.45, 7) is 7.33. The van der Waals surface area contributed by atoms with Crippen LogP contribution in [0.5, 0.6) is 0 Å². The monoisotopic (exact) mass is 416 g/mol. The Bertz CT molecular complexity index is 439. The molecule has 7 unspecified atom stereocenters. The number of rotatable bonds is 7. The molecular weight excluding hydrogens is 360 g/mol. The van der Waals surface area contributed by atoms with Crippen LogP contribution in [0.1, 0.15) is 149 Å². The van der Waals surface area contributed by atoms with E-state index in [1.165, 1.54) is 70.6 Å². The molecular formula is C30H56. The van der Waals surface area contributed by atoms with Gasteiger partial charge in [-0.15, -0.1) is 0 Å². The van der Waals surface area contributed by atoms with Gasteiger partial charge in [0.15, 0.2) is 0 Å². The topological polar surface area (TPSA) is 0 Å². The molecule has 0 amide bonds. The first-order valence-corrected chi connectivity index (χ1v) is 14.7. The summed E-state index contributed by atoms with van der Waals surface area (Å²) in [5.41, 5.74) is 0. The molecule has 0 heteroatoms. The summed E-state index contributed by atoms with van der Waals surface area (Å²) in [6.07, 6.45) is 30.6. The maximum Gasteiger partial charge on any atom is -0.0355 e. The van der Waals surface area contributed by atoms with Gasteiger partial charge in [-0.3, -0.25) is 0 Å². The van der Waals surface area contributed by atoms with Crippen LogP contribution in [0, 0.1) is 41.4 Å². The molecule has 3 saturated carbocycles. The largest absolute Gasteiger partial charge is 0.0654 e. The number of fused-ring (bicyclic) bond motifs is 1. The average Bonchev–Trinajstić information content (AvgIpc) is 2.82. The van der Waals surface area contributed by atoms with Crippen LogP contribution in [0.15, 0.2) is 0 Å². The van der Waals surface area contributed by atoms with E-state index in [-0.39, 0.29) is 0 Å². The van der Waals surface area contributed by atoms with Crippen molar-refractivity contribution in [1.29, 1.82) is 0 Å². The first-order valence-electron chi connectivity index (χ1n) is 14.7. The summed E-state index contributed by atoms with van der Waals surface area (Å²) < 4.78 is 0. The minimum Gasteiger partial charge on any atom is -0.0654 e. The second kappa shape index (κ2) is 13.5. The van der Waals surface area contributed by atoms with Crippen molar-refractivity contribution >= 4 is 0 Å². The van der Waals surface area contributed by atoms with Gasteiger partial charge in [0.05, 0.1) is 0 Å². The van der Waals surface area contributed by atoms with Gasteiger partial charge in [0.1, 0.15) is 0 Å². The molecule has 0 N–H and O–H groups in total. The minimum absolute atomic E-state index is 1.04. The molecule has 0 aliphatic heterocycles. The van der Waals surface area contributed by atoms with Gasteiger partial charge >= 0.3 is 0 Å². The summed E-state index contributed by atoms with van der Waals surface area (Å²) in [4.78, 5) is 0. The fourth-order valence-corrected chi connectivity index (χ4v) is 8.09. The van der Waals surface area contributed by atoms with E-state index in [0.29, 0.717) is 0 Å². The van der Waals surface area contributed by atoms with E-state index >= 15 is 0 Å². The molecule has 3 aliphatic carbocycles. The van der Waals surface area contributed by atoms with Crippen LogP contribution in [0.2, 0.25) is 0 Å². The first-order chi connectivity index (χ1) is 14.7. The second-order valence-corrected chi connectivity index (χ2v) is 12.0. The summed E-state index contributed by atoms with van der Waals surface area (Å²) >= 11 is 0. The molecule has 0 nitrogen and oxygen atoms in total. The molecule has 7 atom stereocenters. The smallest absolute Gasteiger partial charge is 0.0355 e. The van der Waals surface area contributed by atoms with Crippen LogP contribution in [0.4, 0.5) is 0 Å². The maximum atomic E-state index is 2.50. The zero-order valence-corrected chi connectivity index (χ0v) is 21.2. The van der Waals surface area contributed by atoms with Crippen LogP contribution in [-0.2, 0) is 0 Å². The third kappa shape index (κ3) is 7.27. The fourth-order valence-electron chi connectivity index (χ4n) is 8.09. The van der Waals surface area contributed by atoms with Crippen molar-refractivity contribution in [2.24, 2.45) is 41.4 Å². The lowest BCUT2D eigenvalue weighted by atomic mass is 9.61. The molecule has 3 fully saturated rings. The van der Waals surface area contributed by atoms with Crippen LogP contribution in [0.3, 0.4) is 0 Å². The third-order valence-corrected chi connectivity index (χ3v) is 10.1. The van der Waals surface area contributed by atoms with Crippen LogP contribution in [0.25, 0.3) is 0 Å². The van der Waals surface area contributed by atoms with E-state index in [1.807, 2.05) is 0 Å². The number of hydrogen-bond acceptors (Lipinski definition) is 0. The lowest BCUT2D eigenvalue weighted by Crippen LogP contribution is -2.34. The molecule has 176 valence electrons. The van der Waals surface area contributed by atoms with E-state index in [1.54, 1.807) is 57.8 Å². The first kappa shape index (κ1) is 24.6. The summed E-state index contributed by atoms with van der Waals surface area (Å²) in [5.74, 6) is 7.44. The Balaban J connectivity index is 1.70. The van der Waals surface area contributed by atoms with Gasteiger partial charge in [0.25, 0.3) is 0 Å². The van der Waals surface area contributed by atoms with Crippen molar-refractivity contribution in [2.75, 3.05) is 0 Å². The average molecular weight is 417 g/mol. The van der Waals surface area contributed by atoms with E-state index in [9.17, 15) is 0 Å². The SMILES string of the molecule is CCCCCC1CCC2CCCCCCCC(C3CC(CC)CCC3CC)CC2C1. The molecule has 0 bridgehead atoms. The predicted octanol–water partition coefficient (Wildman–Crippen LogP) is 10.2. The lowest BCUT2D eigenvalue weighted by molar-refractivity contribution is 0.0641. The van der Waals surface area contributed by atoms with Crippen LogP contribution < -0.4 is 0 Å². The predicted molar refractivity (Wildman–Crippen MR) is 134 cm³/mol. The molecule has 0 radical (unpaired) electrons. The van der Waals surface area contributed by atoms with E-state index in [4.69, 9.17) is 0 Å². The number of unbranched alkanes of at least 4 members (excludes halogenated alkanes) is 2. The summed E-state index contributed by atoms with van der Waals surface area (Å²) in [5, 5.41) is 0. The van der Waals surface area contributed by atoms with E-state index in [2.05, 4.69) is 20.8 Å². The number of hydrogen-bond donors (Lipinski definition) is 0. The van der Waals surface area contributed by atoms with E-state index < -0.39 is 0 Å².